The zero-order valence-electron chi connectivity index (χ0n) is 36.2. The number of benzene rings is 10. The number of rotatable bonds is 6. The maximum absolute atomic E-state index is 7.23. The summed E-state index contributed by atoms with van der Waals surface area (Å²) in [7, 11) is 0. The summed E-state index contributed by atoms with van der Waals surface area (Å²) in [6, 6.07) is 83.1. The molecule has 4 aliphatic heterocycles. The van der Waals surface area contributed by atoms with Crippen molar-refractivity contribution in [2.45, 2.75) is 9.79 Å². The summed E-state index contributed by atoms with van der Waals surface area (Å²) >= 11 is 1.86. The summed E-state index contributed by atoms with van der Waals surface area (Å²) in [4.78, 5) is 7.26. The van der Waals surface area contributed by atoms with Crippen molar-refractivity contribution >= 4 is 92.1 Å². The first kappa shape index (κ1) is 38.2. The minimum atomic E-state index is -0.0978. The highest BCUT2D eigenvalue weighted by Crippen LogP contribution is 2.48. The van der Waals surface area contributed by atoms with Crippen molar-refractivity contribution in [1.82, 2.24) is 0 Å². The van der Waals surface area contributed by atoms with Gasteiger partial charge in [0.05, 0.1) is 11.4 Å². The van der Waals surface area contributed by atoms with Crippen LogP contribution in [0.1, 0.15) is 0 Å². The first-order valence-electron chi connectivity index (χ1n) is 22.9. The molecule has 0 radical (unpaired) electrons. The van der Waals surface area contributed by atoms with Crippen molar-refractivity contribution in [3.05, 3.63) is 231 Å². The third-order valence-corrected chi connectivity index (χ3v) is 14.9. The highest BCUT2D eigenvalue weighted by Gasteiger charge is 2.46. The second-order valence-corrected chi connectivity index (χ2v) is 18.6. The van der Waals surface area contributed by atoms with Gasteiger partial charge in [0.15, 0.2) is 0 Å². The Morgan fingerprint density at radius 2 is 0.910 bits per heavy atom. The Morgan fingerprint density at radius 1 is 0.343 bits per heavy atom. The van der Waals surface area contributed by atoms with E-state index in [-0.39, 0.29) is 13.4 Å². The minimum absolute atomic E-state index is 0.0173. The van der Waals surface area contributed by atoms with Crippen LogP contribution < -0.4 is 52.1 Å². The van der Waals surface area contributed by atoms with E-state index in [9.17, 15) is 0 Å². The molecule has 0 unspecified atom stereocenters. The Hall–Kier alpha value is -8.12. The van der Waals surface area contributed by atoms with Crippen molar-refractivity contribution in [3.8, 4) is 45.3 Å². The second-order valence-electron chi connectivity index (χ2n) is 17.6. The second kappa shape index (κ2) is 15.2. The molecular weight excluding hydrogens is 834 g/mol. The number of ether oxygens (including phenoxy) is 2. The van der Waals surface area contributed by atoms with Gasteiger partial charge in [0.1, 0.15) is 23.0 Å². The van der Waals surface area contributed by atoms with Gasteiger partial charge in [0, 0.05) is 55.7 Å². The molecule has 0 atom stereocenters. The van der Waals surface area contributed by atoms with Gasteiger partial charge in [-0.1, -0.05) is 175 Å². The monoisotopic (exact) mass is 872 g/mol. The van der Waals surface area contributed by atoms with E-state index in [1.54, 1.807) is 0 Å². The molecule has 67 heavy (non-hydrogen) atoms. The predicted octanol–water partition coefficient (Wildman–Crippen LogP) is 12.0. The van der Waals surface area contributed by atoms with Crippen molar-refractivity contribution < 1.29 is 9.47 Å². The molecule has 0 saturated heterocycles. The molecule has 4 aliphatic rings. The molecule has 0 amide bonds. The molecule has 4 nitrogen and oxygen atoms in total. The number of hydrogen-bond donors (Lipinski definition) is 0. The lowest BCUT2D eigenvalue weighted by molar-refractivity contribution is 0.464. The highest BCUT2D eigenvalue weighted by atomic mass is 32.2. The van der Waals surface area contributed by atoms with E-state index in [4.69, 9.17) is 9.47 Å². The molecule has 0 bridgehead atoms. The zero-order valence-corrected chi connectivity index (χ0v) is 37.0. The van der Waals surface area contributed by atoms with Gasteiger partial charge in [-0.2, -0.15) is 0 Å². The first-order chi connectivity index (χ1) is 33.2. The van der Waals surface area contributed by atoms with E-state index < -0.39 is 0 Å². The van der Waals surface area contributed by atoms with Gasteiger partial charge in [0.25, 0.3) is 6.71 Å². The highest BCUT2D eigenvalue weighted by molar-refractivity contribution is 8.00. The number of nitrogens with zero attached hydrogens (tertiary/aromatic N) is 2. The summed E-state index contributed by atoms with van der Waals surface area (Å²) in [5, 5.41) is 0. The topological polar surface area (TPSA) is 24.9 Å². The van der Waals surface area contributed by atoms with E-state index in [1.165, 1.54) is 59.8 Å². The Morgan fingerprint density at radius 3 is 1.63 bits per heavy atom. The van der Waals surface area contributed by atoms with Gasteiger partial charge in [-0.25, -0.2) is 0 Å². The average molecular weight is 873 g/mol. The summed E-state index contributed by atoms with van der Waals surface area (Å²) in [6.45, 7) is -0.115. The molecule has 0 aliphatic carbocycles. The van der Waals surface area contributed by atoms with Crippen LogP contribution in [0.3, 0.4) is 0 Å². The van der Waals surface area contributed by atoms with Crippen molar-refractivity contribution in [2.24, 2.45) is 0 Å². The van der Waals surface area contributed by atoms with Gasteiger partial charge >= 0.3 is 0 Å². The van der Waals surface area contributed by atoms with Gasteiger partial charge in [-0.3, -0.25) is 0 Å². The standard InChI is InChI=1S/C60H38B2N2O2S/c1-5-19-39(20-6-1)41-33-52-59-58(34-41)67-57-38-54-48(37-49(57)61(59)46-28-14-17-31-51(46)64(52)50-30-16-13-27-45(50)40-21-7-2-8-22-40)62-47-29-15-18-32-53(47)65-55-35-44(36-56(66-54)60(55)62)63(42-23-9-3-10-24-42)43-25-11-4-12-26-43/h1-38H. The number of para-hydroxylation sites is 5. The number of anilines is 6. The summed E-state index contributed by atoms with van der Waals surface area (Å²) < 4.78 is 14.1. The average Bonchev–Trinajstić information content (AvgIpc) is 3.39. The fourth-order valence-electron chi connectivity index (χ4n) is 10.9. The van der Waals surface area contributed by atoms with E-state index in [1.807, 2.05) is 11.8 Å². The summed E-state index contributed by atoms with van der Waals surface area (Å²) in [5.41, 5.74) is 18.6. The summed E-state index contributed by atoms with van der Waals surface area (Å²) in [5.74, 6) is 3.36. The quantitative estimate of drug-likeness (QED) is 0.155. The Balaban J connectivity index is 0.980. The van der Waals surface area contributed by atoms with E-state index in [2.05, 4.69) is 240 Å². The maximum atomic E-state index is 7.23. The van der Waals surface area contributed by atoms with Crippen LogP contribution in [0.25, 0.3) is 22.3 Å². The first-order valence-corrected chi connectivity index (χ1v) is 23.7. The van der Waals surface area contributed by atoms with Crippen LogP contribution in [-0.2, 0) is 0 Å². The normalized spacial score (nSPS) is 13.2. The van der Waals surface area contributed by atoms with Gasteiger partial charge in [0.2, 0.25) is 6.71 Å². The van der Waals surface area contributed by atoms with Crippen LogP contribution >= 0.6 is 11.8 Å². The molecule has 7 heteroatoms. The Labute approximate surface area is 394 Å². The molecule has 0 saturated carbocycles. The van der Waals surface area contributed by atoms with Crippen molar-refractivity contribution in [2.75, 3.05) is 9.80 Å². The van der Waals surface area contributed by atoms with E-state index >= 15 is 0 Å². The number of hydrogen-bond acceptors (Lipinski definition) is 5. The molecule has 0 N–H and O–H groups in total. The molecule has 0 fully saturated rings. The van der Waals surface area contributed by atoms with Gasteiger partial charge in [-0.05, 0) is 99.2 Å². The smallest absolute Gasteiger partial charge is 0.260 e. The lowest BCUT2D eigenvalue weighted by Gasteiger charge is -2.42. The summed E-state index contributed by atoms with van der Waals surface area (Å²) in [6.07, 6.45) is 0. The predicted molar refractivity (Wildman–Crippen MR) is 280 cm³/mol. The fourth-order valence-corrected chi connectivity index (χ4v) is 12.2. The Bertz CT molecular complexity index is 3550. The largest absolute Gasteiger partial charge is 0.458 e. The van der Waals surface area contributed by atoms with Crippen LogP contribution in [0.2, 0.25) is 0 Å². The lowest BCUT2D eigenvalue weighted by atomic mass is 9.31. The van der Waals surface area contributed by atoms with Crippen LogP contribution in [0.5, 0.6) is 23.0 Å². The fraction of sp³-hybridized carbons (Fsp3) is 0. The van der Waals surface area contributed by atoms with Gasteiger partial charge in [-0.15, -0.1) is 0 Å². The molecular formula is C60H38B2N2O2S. The van der Waals surface area contributed by atoms with Crippen LogP contribution in [-0.4, -0.2) is 13.4 Å². The van der Waals surface area contributed by atoms with Crippen molar-refractivity contribution in [3.63, 3.8) is 0 Å². The lowest BCUT2D eigenvalue weighted by Crippen LogP contribution is -2.62. The number of fused-ring (bicyclic) bond motifs is 8. The molecule has 14 rings (SSSR count). The molecule has 10 aromatic carbocycles. The van der Waals surface area contributed by atoms with Crippen LogP contribution in [0, 0.1) is 0 Å². The third-order valence-electron chi connectivity index (χ3n) is 13.8. The molecule has 10 aromatic rings. The van der Waals surface area contributed by atoms with Crippen molar-refractivity contribution in [1.29, 1.82) is 0 Å². The Kier molecular flexibility index (Phi) is 8.68. The SMILES string of the molecule is c1ccc(-c2cc3c4c(c2)N(c2ccccc2-c2ccccc2)c2ccccc2B4c2cc4c(cc2S3)Oc2cc(N(c3ccccc3)c3ccccc3)cc3c2B4c2ccccc2O3)cc1. The van der Waals surface area contributed by atoms with E-state index in [0.717, 1.165) is 62.1 Å². The molecule has 0 aromatic heterocycles. The van der Waals surface area contributed by atoms with Crippen LogP contribution in [0.15, 0.2) is 240 Å². The molecule has 4 heterocycles. The third kappa shape index (κ3) is 6.05. The molecule has 312 valence electrons. The van der Waals surface area contributed by atoms with E-state index in [0.29, 0.717) is 0 Å². The zero-order chi connectivity index (χ0) is 44.0. The van der Waals surface area contributed by atoms with Crippen LogP contribution in [0.4, 0.5) is 34.1 Å². The minimum Gasteiger partial charge on any atom is -0.458 e. The molecule has 0 spiro atoms. The maximum Gasteiger partial charge on any atom is 0.260 e. The van der Waals surface area contributed by atoms with Gasteiger partial charge < -0.3 is 19.3 Å².